The molecule has 0 radical (unpaired) electrons. The minimum absolute atomic E-state index is 0.0786. The summed E-state index contributed by atoms with van der Waals surface area (Å²) in [6.45, 7) is 1.97. The van der Waals surface area contributed by atoms with Gasteiger partial charge in [0, 0.05) is 48.8 Å². The lowest BCUT2D eigenvalue weighted by Crippen LogP contribution is -2.43. The van der Waals surface area contributed by atoms with Crippen molar-refractivity contribution in [2.75, 3.05) is 23.7 Å². The molecule has 4 rings (SSSR count). The number of alkyl halides is 2. The van der Waals surface area contributed by atoms with Gasteiger partial charge in [-0.25, -0.2) is 9.97 Å². The highest BCUT2D eigenvalue weighted by Gasteiger charge is 2.29. The maximum atomic E-state index is 12.9. The Balaban J connectivity index is 1.40. The quantitative estimate of drug-likeness (QED) is 0.457. The van der Waals surface area contributed by atoms with Gasteiger partial charge in [-0.05, 0) is 55.7 Å². The van der Waals surface area contributed by atoms with Gasteiger partial charge in [0.2, 0.25) is 17.8 Å². The average Bonchev–Trinajstić information content (AvgIpc) is 2.87. The highest BCUT2D eigenvalue weighted by molar-refractivity contribution is 5.95. The first-order chi connectivity index (χ1) is 17.3. The third-order valence-electron chi connectivity index (χ3n) is 6.07. The second-order valence-corrected chi connectivity index (χ2v) is 8.51. The average molecular weight is 496 g/mol. The van der Waals surface area contributed by atoms with Crippen LogP contribution in [0.15, 0.2) is 54.9 Å². The molecule has 1 aliphatic rings. The lowest BCUT2D eigenvalue weighted by molar-refractivity contribution is -0.136. The monoisotopic (exact) mass is 495 g/mol. The van der Waals surface area contributed by atoms with E-state index in [1.54, 1.807) is 29.4 Å². The van der Waals surface area contributed by atoms with Gasteiger partial charge in [-0.15, -0.1) is 0 Å². The number of piperidine rings is 1. The largest absolute Gasteiger partial charge is 0.435 e. The molecule has 10 heteroatoms. The fraction of sp³-hybridized carbons (Fsp3) is 0.308. The maximum absolute atomic E-state index is 12.9. The second kappa shape index (κ2) is 11.1. The molecule has 2 aromatic carbocycles. The lowest BCUT2D eigenvalue weighted by atomic mass is 9.96. The van der Waals surface area contributed by atoms with Crippen molar-refractivity contribution < 1.29 is 23.1 Å². The van der Waals surface area contributed by atoms with Crippen molar-refractivity contribution in [3.8, 4) is 16.9 Å². The number of halogens is 2. The summed E-state index contributed by atoms with van der Waals surface area (Å²) in [6.07, 6.45) is 4.17. The Bertz CT molecular complexity index is 1220. The molecule has 8 nitrogen and oxygen atoms in total. The van der Waals surface area contributed by atoms with Crippen LogP contribution in [0.4, 0.5) is 26.1 Å². The number of benzene rings is 2. The number of nitrogens with one attached hydrogen (secondary N) is 2. The summed E-state index contributed by atoms with van der Waals surface area (Å²) >= 11 is 0. The normalized spacial score (nSPS) is 15.6. The maximum Gasteiger partial charge on any atom is 0.387 e. The molecule has 1 unspecified atom stereocenters. The van der Waals surface area contributed by atoms with Crippen molar-refractivity contribution in [1.82, 2.24) is 14.9 Å². The summed E-state index contributed by atoms with van der Waals surface area (Å²) in [5.41, 5.74) is 3.75. The number of hydrogen-bond acceptors (Lipinski definition) is 6. The van der Waals surface area contributed by atoms with E-state index in [-0.39, 0.29) is 23.5 Å². The summed E-state index contributed by atoms with van der Waals surface area (Å²) in [5.74, 6) is 0.182. The molecule has 0 aliphatic carbocycles. The number of aromatic nitrogens is 2. The molecule has 36 heavy (non-hydrogen) atoms. The van der Waals surface area contributed by atoms with E-state index in [4.69, 9.17) is 0 Å². The summed E-state index contributed by atoms with van der Waals surface area (Å²) in [4.78, 5) is 35.2. The molecule has 1 atom stereocenters. The Morgan fingerprint density at radius 2 is 1.86 bits per heavy atom. The number of anilines is 3. The van der Waals surface area contributed by atoms with Gasteiger partial charge in [-0.3, -0.25) is 9.59 Å². The molecule has 0 spiro atoms. The molecule has 0 saturated carbocycles. The van der Waals surface area contributed by atoms with Gasteiger partial charge in [-0.1, -0.05) is 18.2 Å². The number of ether oxygens (including phenoxy) is 1. The van der Waals surface area contributed by atoms with E-state index < -0.39 is 6.61 Å². The van der Waals surface area contributed by atoms with Crippen LogP contribution >= 0.6 is 0 Å². The molecule has 2 amide bonds. The van der Waals surface area contributed by atoms with E-state index in [1.165, 1.54) is 12.1 Å². The second-order valence-electron chi connectivity index (χ2n) is 8.51. The number of carbonyl (C=O) groups excluding carboxylic acids is 2. The predicted octanol–water partition coefficient (Wildman–Crippen LogP) is 4.99. The highest BCUT2D eigenvalue weighted by Crippen LogP contribution is 2.26. The SMILES string of the molecule is CCN1CC(C(=O)Nc2cc(Nc3ncc(-c4ccc(OC(F)F)cc4)cn3)ccc2C)CCC1=O. The van der Waals surface area contributed by atoms with Crippen LogP contribution in [-0.4, -0.2) is 46.4 Å². The fourth-order valence-corrected chi connectivity index (χ4v) is 4.00. The Labute approximate surface area is 207 Å². The number of amides is 2. The smallest absolute Gasteiger partial charge is 0.387 e. The molecular formula is C26H27F2N5O3. The zero-order chi connectivity index (χ0) is 25.7. The van der Waals surface area contributed by atoms with E-state index in [1.807, 2.05) is 32.0 Å². The van der Waals surface area contributed by atoms with Crippen LogP contribution in [0.5, 0.6) is 5.75 Å². The molecule has 0 bridgehead atoms. The summed E-state index contributed by atoms with van der Waals surface area (Å²) in [7, 11) is 0. The predicted molar refractivity (Wildman–Crippen MR) is 132 cm³/mol. The highest BCUT2D eigenvalue weighted by atomic mass is 19.3. The first kappa shape index (κ1) is 25.0. The third kappa shape index (κ3) is 6.12. The van der Waals surface area contributed by atoms with Gasteiger partial charge in [0.1, 0.15) is 5.75 Å². The molecule has 188 valence electrons. The molecule has 1 saturated heterocycles. The van der Waals surface area contributed by atoms with Crippen molar-refractivity contribution in [1.29, 1.82) is 0 Å². The van der Waals surface area contributed by atoms with E-state index in [2.05, 4.69) is 25.3 Å². The topological polar surface area (TPSA) is 96.5 Å². The standard InChI is InChI=1S/C26H27F2N5O3/c1-3-33-15-18(7-11-23(33)34)24(35)32-22-12-20(8-4-16(22)2)31-26-29-13-19(14-30-26)17-5-9-21(10-6-17)36-25(27)28/h4-6,8-10,12-14,18,25H,3,7,11,15H2,1-2H3,(H,32,35)(H,29,30,31). The minimum Gasteiger partial charge on any atom is -0.435 e. The van der Waals surface area contributed by atoms with Gasteiger partial charge in [-0.2, -0.15) is 8.78 Å². The van der Waals surface area contributed by atoms with Gasteiger partial charge in [0.05, 0.1) is 5.92 Å². The fourth-order valence-electron chi connectivity index (χ4n) is 4.00. The molecule has 1 fully saturated rings. The molecule has 2 heterocycles. The van der Waals surface area contributed by atoms with Crippen LogP contribution in [0.25, 0.3) is 11.1 Å². The molecule has 1 aliphatic heterocycles. The summed E-state index contributed by atoms with van der Waals surface area (Å²) < 4.78 is 29.0. The molecular weight excluding hydrogens is 468 g/mol. The first-order valence-electron chi connectivity index (χ1n) is 11.7. The van der Waals surface area contributed by atoms with E-state index in [0.717, 1.165) is 11.1 Å². The Kier molecular flexibility index (Phi) is 7.72. The summed E-state index contributed by atoms with van der Waals surface area (Å²) in [6, 6.07) is 11.8. The van der Waals surface area contributed by atoms with Gasteiger partial charge in [0.25, 0.3) is 0 Å². The van der Waals surface area contributed by atoms with Gasteiger partial charge < -0.3 is 20.3 Å². The Morgan fingerprint density at radius 3 is 2.53 bits per heavy atom. The van der Waals surface area contributed by atoms with Crippen LogP contribution in [-0.2, 0) is 9.59 Å². The number of aryl methyl sites for hydroxylation is 1. The molecule has 1 aromatic heterocycles. The number of hydrogen-bond donors (Lipinski definition) is 2. The summed E-state index contributed by atoms with van der Waals surface area (Å²) in [5, 5.41) is 6.12. The van der Waals surface area contributed by atoms with E-state index >= 15 is 0 Å². The van der Waals surface area contributed by atoms with E-state index in [0.29, 0.717) is 48.8 Å². The van der Waals surface area contributed by atoms with Gasteiger partial charge >= 0.3 is 6.61 Å². The first-order valence-corrected chi connectivity index (χ1v) is 11.7. The van der Waals surface area contributed by atoms with E-state index in [9.17, 15) is 18.4 Å². The van der Waals surface area contributed by atoms with Crippen LogP contribution < -0.4 is 15.4 Å². The third-order valence-corrected chi connectivity index (χ3v) is 6.07. The number of nitrogens with zero attached hydrogens (tertiary/aromatic N) is 3. The van der Waals surface area contributed by atoms with Crippen LogP contribution in [0.2, 0.25) is 0 Å². The molecule has 3 aromatic rings. The zero-order valence-electron chi connectivity index (χ0n) is 20.0. The lowest BCUT2D eigenvalue weighted by Gasteiger charge is -2.31. The van der Waals surface area contributed by atoms with Crippen LogP contribution in [0.1, 0.15) is 25.3 Å². The molecule has 2 N–H and O–H groups in total. The Morgan fingerprint density at radius 1 is 1.14 bits per heavy atom. The van der Waals surface area contributed by atoms with Crippen molar-refractivity contribution in [2.24, 2.45) is 5.92 Å². The van der Waals surface area contributed by atoms with Gasteiger partial charge in [0.15, 0.2) is 0 Å². The minimum atomic E-state index is -2.87. The number of likely N-dealkylation sites (tertiary alicyclic amines) is 1. The van der Waals surface area contributed by atoms with Crippen LogP contribution in [0.3, 0.4) is 0 Å². The Hall–Kier alpha value is -4.08. The van der Waals surface area contributed by atoms with Crippen LogP contribution in [0, 0.1) is 12.8 Å². The van der Waals surface area contributed by atoms with Crippen molar-refractivity contribution in [3.05, 3.63) is 60.4 Å². The van der Waals surface area contributed by atoms with Crippen molar-refractivity contribution in [2.45, 2.75) is 33.3 Å². The zero-order valence-corrected chi connectivity index (χ0v) is 20.0. The van der Waals surface area contributed by atoms with Crippen molar-refractivity contribution in [3.63, 3.8) is 0 Å². The number of rotatable bonds is 8. The number of carbonyl (C=O) groups is 2. The van der Waals surface area contributed by atoms with Crippen molar-refractivity contribution >= 4 is 29.1 Å².